The van der Waals surface area contributed by atoms with E-state index in [1.54, 1.807) is 36.3 Å². The number of carbonyl (C=O) groups is 2. The summed E-state index contributed by atoms with van der Waals surface area (Å²) in [4.78, 5) is 28.7. The van der Waals surface area contributed by atoms with Crippen molar-refractivity contribution < 1.29 is 14.3 Å². The van der Waals surface area contributed by atoms with Crippen molar-refractivity contribution in [1.82, 2.24) is 9.80 Å². The lowest BCUT2D eigenvalue weighted by molar-refractivity contribution is 0.0793. The molecular formula is C22H27N3O3. The summed E-state index contributed by atoms with van der Waals surface area (Å²) in [7, 11) is 1.62. The Labute approximate surface area is 166 Å². The van der Waals surface area contributed by atoms with E-state index in [0.717, 1.165) is 31.5 Å². The van der Waals surface area contributed by atoms with Crippen LogP contribution in [-0.4, -0.2) is 55.1 Å². The van der Waals surface area contributed by atoms with Crippen molar-refractivity contribution in [3.8, 4) is 0 Å². The molecule has 1 fully saturated rings. The normalized spacial score (nSPS) is 13.4. The van der Waals surface area contributed by atoms with Gasteiger partial charge in [0.05, 0.1) is 6.61 Å². The lowest BCUT2D eigenvalue weighted by atomic mass is 10.2. The molecule has 1 saturated heterocycles. The number of rotatable bonds is 7. The van der Waals surface area contributed by atoms with Gasteiger partial charge in [-0.05, 0) is 42.7 Å². The number of carbonyl (C=O) groups excluding carboxylic acids is 2. The van der Waals surface area contributed by atoms with E-state index in [1.807, 2.05) is 35.2 Å². The fourth-order valence-electron chi connectivity index (χ4n) is 3.26. The van der Waals surface area contributed by atoms with E-state index < -0.39 is 0 Å². The van der Waals surface area contributed by atoms with Crippen LogP contribution >= 0.6 is 0 Å². The minimum Gasteiger partial charge on any atom is -0.383 e. The summed E-state index contributed by atoms with van der Waals surface area (Å²) in [6.45, 7) is 3.10. The van der Waals surface area contributed by atoms with Crippen LogP contribution in [0.3, 0.4) is 0 Å². The molecule has 1 aliphatic rings. The molecule has 6 heteroatoms. The van der Waals surface area contributed by atoms with Crippen molar-refractivity contribution in [2.75, 3.05) is 38.7 Å². The zero-order chi connectivity index (χ0) is 19.8. The first-order valence-electron chi connectivity index (χ1n) is 9.65. The van der Waals surface area contributed by atoms with E-state index in [-0.39, 0.29) is 11.9 Å². The largest absolute Gasteiger partial charge is 0.383 e. The maximum absolute atomic E-state index is 12.7. The topological polar surface area (TPSA) is 61.9 Å². The maximum Gasteiger partial charge on any atom is 0.322 e. The third kappa shape index (κ3) is 5.33. The highest BCUT2D eigenvalue weighted by molar-refractivity contribution is 5.95. The van der Waals surface area contributed by atoms with Crippen LogP contribution in [0, 0.1) is 0 Å². The van der Waals surface area contributed by atoms with Gasteiger partial charge in [0.25, 0.3) is 5.91 Å². The third-order valence-electron chi connectivity index (χ3n) is 4.85. The predicted octanol–water partition coefficient (Wildman–Crippen LogP) is 3.60. The standard InChI is InChI=1S/C22H27N3O3/c1-28-16-15-25(17-18-7-3-2-4-8-18)22(27)23-20-11-9-19(10-12-20)21(26)24-13-5-6-14-24/h2-4,7-12H,5-6,13-17H2,1H3,(H,23,27). The Morgan fingerprint density at radius 1 is 1.04 bits per heavy atom. The van der Waals surface area contributed by atoms with Crippen LogP contribution in [0.15, 0.2) is 54.6 Å². The number of hydrogen-bond acceptors (Lipinski definition) is 3. The SMILES string of the molecule is COCCN(Cc1ccccc1)C(=O)Nc1ccc(C(=O)N2CCCC2)cc1. The van der Waals surface area contributed by atoms with Crippen molar-refractivity contribution >= 4 is 17.6 Å². The summed E-state index contributed by atoms with van der Waals surface area (Å²) in [5, 5.41) is 2.91. The van der Waals surface area contributed by atoms with Crippen molar-refractivity contribution in [2.24, 2.45) is 0 Å². The summed E-state index contributed by atoms with van der Waals surface area (Å²) < 4.78 is 5.14. The van der Waals surface area contributed by atoms with Crippen LogP contribution in [-0.2, 0) is 11.3 Å². The highest BCUT2D eigenvalue weighted by atomic mass is 16.5. The first kappa shape index (κ1) is 19.9. The molecule has 6 nitrogen and oxygen atoms in total. The van der Waals surface area contributed by atoms with Gasteiger partial charge in [-0.25, -0.2) is 4.79 Å². The van der Waals surface area contributed by atoms with Gasteiger partial charge in [-0.1, -0.05) is 30.3 Å². The highest BCUT2D eigenvalue weighted by Gasteiger charge is 2.19. The van der Waals surface area contributed by atoms with Crippen LogP contribution in [0.2, 0.25) is 0 Å². The third-order valence-corrected chi connectivity index (χ3v) is 4.85. The molecule has 3 amide bonds. The summed E-state index contributed by atoms with van der Waals surface area (Å²) in [6.07, 6.45) is 2.14. The number of amides is 3. The van der Waals surface area contributed by atoms with E-state index in [1.165, 1.54) is 0 Å². The van der Waals surface area contributed by atoms with Gasteiger partial charge in [0.1, 0.15) is 0 Å². The van der Waals surface area contributed by atoms with Gasteiger partial charge in [0.2, 0.25) is 0 Å². The molecular weight excluding hydrogens is 354 g/mol. The number of urea groups is 1. The number of methoxy groups -OCH3 is 1. The number of hydrogen-bond donors (Lipinski definition) is 1. The summed E-state index contributed by atoms with van der Waals surface area (Å²) in [6, 6.07) is 16.7. The van der Waals surface area contributed by atoms with Crippen molar-refractivity contribution in [3.63, 3.8) is 0 Å². The van der Waals surface area contributed by atoms with Gasteiger partial charge >= 0.3 is 6.03 Å². The maximum atomic E-state index is 12.7. The van der Waals surface area contributed by atoms with E-state index in [9.17, 15) is 9.59 Å². The molecule has 0 spiro atoms. The molecule has 0 unspecified atom stereocenters. The Morgan fingerprint density at radius 3 is 2.36 bits per heavy atom. The molecule has 0 aliphatic carbocycles. The van der Waals surface area contributed by atoms with E-state index in [2.05, 4.69) is 5.32 Å². The molecule has 0 radical (unpaired) electrons. The molecule has 2 aromatic carbocycles. The Hall–Kier alpha value is -2.86. The lowest BCUT2D eigenvalue weighted by Gasteiger charge is -2.23. The van der Waals surface area contributed by atoms with Crippen LogP contribution in [0.1, 0.15) is 28.8 Å². The van der Waals surface area contributed by atoms with E-state index in [0.29, 0.717) is 30.9 Å². The number of nitrogens with zero attached hydrogens (tertiary/aromatic N) is 2. The van der Waals surface area contributed by atoms with Gasteiger partial charge in [-0.2, -0.15) is 0 Å². The van der Waals surface area contributed by atoms with E-state index in [4.69, 9.17) is 4.74 Å². The first-order chi connectivity index (χ1) is 13.7. The highest BCUT2D eigenvalue weighted by Crippen LogP contribution is 2.16. The fourth-order valence-corrected chi connectivity index (χ4v) is 3.26. The molecule has 2 aromatic rings. The molecule has 1 N–H and O–H groups in total. The number of benzene rings is 2. The molecule has 0 bridgehead atoms. The second-order valence-electron chi connectivity index (χ2n) is 6.91. The Morgan fingerprint density at radius 2 is 1.71 bits per heavy atom. The Bertz CT molecular complexity index is 771. The van der Waals surface area contributed by atoms with Gasteiger partial charge in [-0.15, -0.1) is 0 Å². The van der Waals surface area contributed by atoms with Crippen molar-refractivity contribution in [3.05, 3.63) is 65.7 Å². The van der Waals surface area contributed by atoms with Crippen LogP contribution in [0.25, 0.3) is 0 Å². The molecule has 1 heterocycles. The average Bonchev–Trinajstić information content (AvgIpc) is 3.26. The van der Waals surface area contributed by atoms with Crippen molar-refractivity contribution in [1.29, 1.82) is 0 Å². The van der Waals surface area contributed by atoms with E-state index >= 15 is 0 Å². The lowest BCUT2D eigenvalue weighted by Crippen LogP contribution is -2.36. The smallest absolute Gasteiger partial charge is 0.322 e. The van der Waals surface area contributed by atoms with Crippen LogP contribution in [0.4, 0.5) is 10.5 Å². The van der Waals surface area contributed by atoms with Gasteiger partial charge in [0.15, 0.2) is 0 Å². The summed E-state index contributed by atoms with van der Waals surface area (Å²) in [5.74, 6) is 0.0566. The van der Waals surface area contributed by atoms with Gasteiger partial charge in [-0.3, -0.25) is 4.79 Å². The number of nitrogens with one attached hydrogen (secondary N) is 1. The molecule has 0 atom stereocenters. The molecule has 0 aromatic heterocycles. The second kappa shape index (κ2) is 9.90. The minimum absolute atomic E-state index is 0.0566. The summed E-state index contributed by atoms with van der Waals surface area (Å²) >= 11 is 0. The number of likely N-dealkylation sites (tertiary alicyclic amines) is 1. The Kier molecular flexibility index (Phi) is 7.03. The quantitative estimate of drug-likeness (QED) is 0.797. The van der Waals surface area contributed by atoms with Gasteiger partial charge < -0.3 is 19.9 Å². The van der Waals surface area contributed by atoms with Crippen LogP contribution in [0.5, 0.6) is 0 Å². The predicted molar refractivity (Wildman–Crippen MR) is 109 cm³/mol. The van der Waals surface area contributed by atoms with Gasteiger partial charge in [0, 0.05) is 44.5 Å². The monoisotopic (exact) mass is 381 g/mol. The molecule has 28 heavy (non-hydrogen) atoms. The number of ether oxygens (including phenoxy) is 1. The molecule has 3 rings (SSSR count). The Balaban J connectivity index is 1.62. The average molecular weight is 381 g/mol. The number of anilines is 1. The second-order valence-corrected chi connectivity index (χ2v) is 6.91. The summed E-state index contributed by atoms with van der Waals surface area (Å²) in [5.41, 5.74) is 2.37. The first-order valence-corrected chi connectivity index (χ1v) is 9.65. The van der Waals surface area contributed by atoms with Crippen molar-refractivity contribution in [2.45, 2.75) is 19.4 Å². The zero-order valence-electron chi connectivity index (χ0n) is 16.3. The minimum atomic E-state index is -0.195. The molecule has 1 aliphatic heterocycles. The van der Waals surface area contributed by atoms with Crippen LogP contribution < -0.4 is 5.32 Å². The molecule has 0 saturated carbocycles. The molecule has 148 valence electrons. The zero-order valence-corrected chi connectivity index (χ0v) is 16.3. The fraction of sp³-hybridized carbons (Fsp3) is 0.364.